The van der Waals surface area contributed by atoms with Crippen LogP contribution >= 0.6 is 0 Å². The Bertz CT molecular complexity index is 526. The van der Waals surface area contributed by atoms with Gasteiger partial charge in [0.15, 0.2) is 0 Å². The summed E-state index contributed by atoms with van der Waals surface area (Å²) in [5.41, 5.74) is 1.01. The average Bonchev–Trinajstić information content (AvgIpc) is 2.38. The van der Waals surface area contributed by atoms with Crippen LogP contribution in [-0.4, -0.2) is 25.9 Å². The summed E-state index contributed by atoms with van der Waals surface area (Å²) in [5.74, 6) is 0.992. The lowest BCUT2D eigenvalue weighted by molar-refractivity contribution is 0.267. The molecule has 0 aliphatic heterocycles. The van der Waals surface area contributed by atoms with Gasteiger partial charge in [0, 0.05) is 11.3 Å². The van der Waals surface area contributed by atoms with Crippen molar-refractivity contribution in [3.63, 3.8) is 0 Å². The molecule has 0 saturated heterocycles. The first kappa shape index (κ1) is 16.8. The van der Waals surface area contributed by atoms with E-state index in [1.165, 1.54) is 0 Å². The molecule has 114 valence electrons. The van der Waals surface area contributed by atoms with Crippen molar-refractivity contribution < 1.29 is 18.3 Å². The van der Waals surface area contributed by atoms with Gasteiger partial charge in [0.2, 0.25) is 10.0 Å². The Morgan fingerprint density at radius 3 is 2.60 bits per heavy atom. The fraction of sp³-hybridized carbons (Fsp3) is 0.571. The van der Waals surface area contributed by atoms with Crippen LogP contribution in [0.25, 0.3) is 0 Å². The smallest absolute Gasteiger partial charge is 0.232 e. The zero-order valence-corrected chi connectivity index (χ0v) is 13.0. The fourth-order valence-electron chi connectivity index (χ4n) is 1.68. The molecule has 0 heterocycles. The predicted octanol–water partition coefficient (Wildman–Crippen LogP) is 2.37. The highest BCUT2D eigenvalue weighted by Crippen LogP contribution is 2.23. The van der Waals surface area contributed by atoms with Crippen molar-refractivity contribution in [2.45, 2.75) is 33.8 Å². The van der Waals surface area contributed by atoms with Crippen LogP contribution < -0.4 is 9.46 Å². The Kier molecular flexibility index (Phi) is 6.29. The van der Waals surface area contributed by atoms with Gasteiger partial charge in [-0.25, -0.2) is 8.42 Å². The molecule has 2 N–H and O–H groups in total. The SMILES string of the molecule is CCOc1ccc(NS(=O)(=O)CCC(C)C)cc1CO. The van der Waals surface area contributed by atoms with E-state index in [9.17, 15) is 13.5 Å². The Morgan fingerprint density at radius 2 is 2.05 bits per heavy atom. The molecule has 0 aromatic heterocycles. The molecule has 5 nitrogen and oxygen atoms in total. The maximum Gasteiger partial charge on any atom is 0.232 e. The lowest BCUT2D eigenvalue weighted by atomic mass is 10.2. The van der Waals surface area contributed by atoms with Crippen molar-refractivity contribution in [2.24, 2.45) is 5.92 Å². The van der Waals surface area contributed by atoms with E-state index >= 15 is 0 Å². The minimum absolute atomic E-state index is 0.0896. The standard InChI is InChI=1S/C14H23NO4S/c1-4-19-14-6-5-13(9-12(14)10-16)15-20(17,18)8-7-11(2)3/h5-6,9,11,15-16H,4,7-8,10H2,1-3H3. The number of hydrogen-bond acceptors (Lipinski definition) is 4. The van der Waals surface area contributed by atoms with E-state index in [-0.39, 0.29) is 12.4 Å². The van der Waals surface area contributed by atoms with Gasteiger partial charge < -0.3 is 9.84 Å². The number of aliphatic hydroxyl groups excluding tert-OH is 1. The van der Waals surface area contributed by atoms with Crippen LogP contribution in [0, 0.1) is 5.92 Å². The average molecular weight is 301 g/mol. The largest absolute Gasteiger partial charge is 0.494 e. The Balaban J connectivity index is 2.82. The highest BCUT2D eigenvalue weighted by molar-refractivity contribution is 7.92. The van der Waals surface area contributed by atoms with E-state index in [1.54, 1.807) is 18.2 Å². The third-order valence-corrected chi connectivity index (χ3v) is 4.09. The van der Waals surface area contributed by atoms with Gasteiger partial charge in [0.25, 0.3) is 0 Å². The summed E-state index contributed by atoms with van der Waals surface area (Å²) >= 11 is 0. The maximum absolute atomic E-state index is 11.9. The summed E-state index contributed by atoms with van der Waals surface area (Å²) < 4.78 is 31.7. The van der Waals surface area contributed by atoms with Gasteiger partial charge in [0.05, 0.1) is 19.0 Å². The number of anilines is 1. The molecule has 1 rings (SSSR count). The number of sulfonamides is 1. The number of nitrogens with one attached hydrogen (secondary N) is 1. The molecule has 0 radical (unpaired) electrons. The van der Waals surface area contributed by atoms with E-state index in [2.05, 4.69) is 4.72 Å². The highest BCUT2D eigenvalue weighted by Gasteiger charge is 2.13. The quantitative estimate of drug-likeness (QED) is 0.773. The molecular formula is C14H23NO4S. The fourth-order valence-corrected chi connectivity index (χ4v) is 3.05. The number of benzene rings is 1. The van der Waals surface area contributed by atoms with Gasteiger partial charge in [-0.05, 0) is 37.5 Å². The van der Waals surface area contributed by atoms with Crippen LogP contribution in [0.1, 0.15) is 32.8 Å². The van der Waals surface area contributed by atoms with E-state index in [0.29, 0.717) is 35.9 Å². The van der Waals surface area contributed by atoms with E-state index in [0.717, 1.165) is 0 Å². The van der Waals surface area contributed by atoms with Crippen LogP contribution in [0.5, 0.6) is 5.75 Å². The van der Waals surface area contributed by atoms with Gasteiger partial charge in [-0.3, -0.25) is 4.72 Å². The van der Waals surface area contributed by atoms with Crippen molar-refractivity contribution in [1.82, 2.24) is 0 Å². The molecule has 0 amide bonds. The lowest BCUT2D eigenvalue weighted by Gasteiger charge is -2.13. The highest BCUT2D eigenvalue weighted by atomic mass is 32.2. The first-order valence-corrected chi connectivity index (χ1v) is 8.40. The van der Waals surface area contributed by atoms with Gasteiger partial charge in [-0.15, -0.1) is 0 Å². The zero-order chi connectivity index (χ0) is 15.2. The minimum atomic E-state index is -3.35. The van der Waals surface area contributed by atoms with E-state index in [1.807, 2.05) is 20.8 Å². The molecule has 0 saturated carbocycles. The molecule has 0 bridgehead atoms. The van der Waals surface area contributed by atoms with Crippen molar-refractivity contribution in [3.8, 4) is 5.75 Å². The topological polar surface area (TPSA) is 75.6 Å². The number of ether oxygens (including phenoxy) is 1. The predicted molar refractivity (Wildman–Crippen MR) is 80.4 cm³/mol. The van der Waals surface area contributed by atoms with Gasteiger partial charge in [-0.1, -0.05) is 13.8 Å². The van der Waals surface area contributed by atoms with Gasteiger partial charge in [0.1, 0.15) is 5.75 Å². The minimum Gasteiger partial charge on any atom is -0.494 e. The second-order valence-electron chi connectivity index (χ2n) is 5.02. The zero-order valence-electron chi connectivity index (χ0n) is 12.2. The molecule has 0 aliphatic rings. The number of aliphatic hydroxyl groups is 1. The summed E-state index contributed by atoms with van der Waals surface area (Å²) in [4.78, 5) is 0. The molecule has 0 atom stereocenters. The normalized spacial score (nSPS) is 11.7. The van der Waals surface area contributed by atoms with Crippen LogP contribution in [0.4, 0.5) is 5.69 Å². The van der Waals surface area contributed by atoms with Crippen molar-refractivity contribution in [1.29, 1.82) is 0 Å². The van der Waals surface area contributed by atoms with Crippen LogP contribution in [-0.2, 0) is 16.6 Å². The first-order valence-electron chi connectivity index (χ1n) is 6.75. The third-order valence-electron chi connectivity index (χ3n) is 2.77. The molecule has 0 unspecified atom stereocenters. The number of hydrogen-bond donors (Lipinski definition) is 2. The Labute approximate surface area is 121 Å². The Hall–Kier alpha value is -1.27. The summed E-state index contributed by atoms with van der Waals surface area (Å²) in [7, 11) is -3.35. The molecule has 1 aromatic carbocycles. The van der Waals surface area contributed by atoms with E-state index in [4.69, 9.17) is 4.74 Å². The Morgan fingerprint density at radius 1 is 1.35 bits per heavy atom. The van der Waals surface area contributed by atoms with Crippen LogP contribution in [0.15, 0.2) is 18.2 Å². The first-order chi connectivity index (χ1) is 9.38. The summed E-state index contributed by atoms with van der Waals surface area (Å²) in [6, 6.07) is 4.89. The molecule has 0 aliphatic carbocycles. The second kappa shape index (κ2) is 7.50. The monoisotopic (exact) mass is 301 g/mol. The molecule has 20 heavy (non-hydrogen) atoms. The summed E-state index contributed by atoms with van der Waals surface area (Å²) in [6.07, 6.45) is 0.610. The molecule has 6 heteroatoms. The molecule has 1 aromatic rings. The third kappa shape index (κ3) is 5.38. The van der Waals surface area contributed by atoms with Crippen LogP contribution in [0.3, 0.4) is 0 Å². The molecule has 0 spiro atoms. The lowest BCUT2D eigenvalue weighted by Crippen LogP contribution is -2.18. The van der Waals surface area contributed by atoms with Crippen molar-refractivity contribution in [3.05, 3.63) is 23.8 Å². The van der Waals surface area contributed by atoms with Crippen molar-refractivity contribution in [2.75, 3.05) is 17.1 Å². The van der Waals surface area contributed by atoms with Gasteiger partial charge >= 0.3 is 0 Å². The van der Waals surface area contributed by atoms with Gasteiger partial charge in [-0.2, -0.15) is 0 Å². The maximum atomic E-state index is 11.9. The van der Waals surface area contributed by atoms with Crippen LogP contribution in [0.2, 0.25) is 0 Å². The molecular weight excluding hydrogens is 278 g/mol. The summed E-state index contributed by atoms with van der Waals surface area (Å²) in [5, 5.41) is 9.29. The number of rotatable bonds is 8. The van der Waals surface area contributed by atoms with Crippen molar-refractivity contribution >= 4 is 15.7 Å². The summed E-state index contributed by atoms with van der Waals surface area (Å²) in [6.45, 7) is 6.11. The second-order valence-corrected chi connectivity index (χ2v) is 6.86. The van der Waals surface area contributed by atoms with E-state index < -0.39 is 10.0 Å². The molecule has 0 fully saturated rings.